The van der Waals surface area contributed by atoms with Gasteiger partial charge in [0.2, 0.25) is 0 Å². The zero-order chi connectivity index (χ0) is 54.5. The Morgan fingerprint density at radius 2 is 0.375 bits per heavy atom. The van der Waals surface area contributed by atoms with Crippen molar-refractivity contribution in [3.05, 3.63) is 179 Å². The van der Waals surface area contributed by atoms with Crippen LogP contribution in [0.3, 0.4) is 0 Å². The van der Waals surface area contributed by atoms with Gasteiger partial charge in [-0.25, -0.2) is 16.8 Å². The summed E-state index contributed by atoms with van der Waals surface area (Å²) in [6.07, 6.45) is 0. The fraction of sp³-hybridized carbons (Fsp3) is 0.419. The van der Waals surface area contributed by atoms with Gasteiger partial charge in [-0.05, 0) is 139 Å². The lowest BCUT2D eigenvalue weighted by Crippen LogP contribution is -2.15. The largest absolute Gasteiger partial charge is 0.748 e. The number of rotatable bonds is 9. The molecule has 0 atom stereocenters. The summed E-state index contributed by atoms with van der Waals surface area (Å²) in [4.78, 5) is 8.25. The van der Waals surface area contributed by atoms with Gasteiger partial charge in [0, 0.05) is 0 Å². The molecule has 6 aromatic carbocycles. The average Bonchev–Trinajstić information content (AvgIpc) is 3.25. The van der Waals surface area contributed by atoms with E-state index in [0.717, 1.165) is 0 Å². The highest BCUT2D eigenvalue weighted by Crippen LogP contribution is 2.38. The van der Waals surface area contributed by atoms with Crippen LogP contribution in [0.4, 0.5) is 0 Å². The smallest absolute Gasteiger partial charge is 0.166 e. The predicted molar refractivity (Wildman–Crippen MR) is 304 cm³/mol. The van der Waals surface area contributed by atoms with Crippen molar-refractivity contribution in [1.29, 1.82) is 0 Å². The zero-order valence-corrected chi connectivity index (χ0v) is 49.6. The number of benzene rings is 6. The summed E-state index contributed by atoms with van der Waals surface area (Å²) in [5.41, 5.74) is 9.28. The molecule has 0 aliphatic rings. The molecule has 0 N–H and O–H groups in total. The highest BCUT2D eigenvalue weighted by molar-refractivity contribution is 7.97. The summed E-state index contributed by atoms with van der Waals surface area (Å²) < 4.78 is 58.3. The average molecular weight is 1050 g/mol. The first-order valence-corrected chi connectivity index (χ1v) is 30.3. The highest BCUT2D eigenvalue weighted by Gasteiger charge is 2.32. The van der Waals surface area contributed by atoms with E-state index in [2.05, 4.69) is 270 Å². The lowest BCUT2D eigenvalue weighted by molar-refractivity contribution is 0.452. The standard InChI is InChI=1S/2C30H39S.C2H6O6S2/c2*1-28(2,3)22-10-16-25(17-11-22)31(26-18-12-23(13-19-26)29(4,5)6)27-20-14-24(15-21-27)30(7,8)9;3-9(4,5)1-2-10(6,7)8/h2*10-21H,1-9H3;1-2H2,(H,3,4,5)(H,6,7,8)/q2*+1;/p-2. The Kier molecular flexibility index (Phi) is 19.4. The normalized spacial score (nSPS) is 13.0. The van der Waals surface area contributed by atoms with E-state index in [1.54, 1.807) is 0 Å². The summed E-state index contributed by atoms with van der Waals surface area (Å²) in [5, 5.41) is 0. The topological polar surface area (TPSA) is 114 Å². The van der Waals surface area contributed by atoms with Gasteiger partial charge in [0.1, 0.15) is 0 Å². The Labute approximate surface area is 442 Å². The first kappa shape index (κ1) is 60.4. The first-order valence-electron chi connectivity index (χ1n) is 24.7. The maximum atomic E-state index is 9.72. The molecule has 0 spiro atoms. The summed E-state index contributed by atoms with van der Waals surface area (Å²) >= 11 is 0. The van der Waals surface area contributed by atoms with Crippen molar-refractivity contribution in [3.63, 3.8) is 0 Å². The van der Waals surface area contributed by atoms with E-state index in [1.165, 1.54) is 62.8 Å². The van der Waals surface area contributed by atoms with Gasteiger partial charge < -0.3 is 9.11 Å². The molecule has 0 heterocycles. The van der Waals surface area contributed by atoms with E-state index in [1.807, 2.05) is 0 Å². The van der Waals surface area contributed by atoms with Crippen LogP contribution in [0, 0.1) is 0 Å². The molecule has 10 heteroatoms. The van der Waals surface area contributed by atoms with Gasteiger partial charge >= 0.3 is 0 Å². The van der Waals surface area contributed by atoms with Gasteiger partial charge in [0.05, 0.1) is 53.5 Å². The summed E-state index contributed by atoms with van der Waals surface area (Å²) in [6, 6.07) is 55.7. The maximum absolute atomic E-state index is 9.72. The summed E-state index contributed by atoms with van der Waals surface area (Å²) in [6.45, 7) is 41.0. The van der Waals surface area contributed by atoms with E-state index < -0.39 is 31.7 Å². The van der Waals surface area contributed by atoms with Crippen molar-refractivity contribution >= 4 is 42.0 Å². The molecule has 0 bridgehead atoms. The molecule has 6 rings (SSSR count). The Balaban J connectivity index is 0.000000263. The summed E-state index contributed by atoms with van der Waals surface area (Å²) in [7, 11) is -9.41. The fourth-order valence-electron chi connectivity index (χ4n) is 7.57. The number of hydrogen-bond donors (Lipinski definition) is 0. The molecule has 0 unspecified atom stereocenters. The molecule has 72 heavy (non-hydrogen) atoms. The SMILES string of the molecule is CC(C)(C)c1ccc([S+](c2ccc(C(C)(C)C)cc2)c2ccc(C(C)(C)C)cc2)cc1.CC(C)(C)c1ccc([S+](c2ccc(C(C)(C)C)cc2)c2ccc(C(C)(C)C)cc2)cc1.O=S(=O)([O-])CCS(=O)(=O)[O-]. The minimum absolute atomic E-state index is 0.120. The number of hydrogen-bond acceptors (Lipinski definition) is 6. The van der Waals surface area contributed by atoms with Crippen LogP contribution in [0.2, 0.25) is 0 Å². The molecule has 6 aromatic rings. The second-order valence-electron chi connectivity index (χ2n) is 24.8. The molecule has 0 radical (unpaired) electrons. The first-order chi connectivity index (χ1) is 32.7. The van der Waals surface area contributed by atoms with E-state index in [4.69, 9.17) is 0 Å². The van der Waals surface area contributed by atoms with Crippen LogP contribution in [0.15, 0.2) is 175 Å². The Hall–Kier alpha value is -4.16. The van der Waals surface area contributed by atoms with Crippen molar-refractivity contribution in [2.75, 3.05) is 11.5 Å². The molecule has 0 saturated heterocycles. The van der Waals surface area contributed by atoms with Crippen molar-refractivity contribution in [2.24, 2.45) is 0 Å². The van der Waals surface area contributed by atoms with E-state index in [9.17, 15) is 25.9 Å². The fourth-order valence-corrected chi connectivity index (χ4v) is 13.3. The molecular weight excluding hydrogens is 969 g/mol. The van der Waals surface area contributed by atoms with Gasteiger partial charge in [-0.2, -0.15) is 0 Å². The minimum atomic E-state index is -4.59. The lowest BCUT2D eigenvalue weighted by Gasteiger charge is -2.21. The van der Waals surface area contributed by atoms with Crippen LogP contribution in [0.25, 0.3) is 0 Å². The highest BCUT2D eigenvalue weighted by atomic mass is 32.2. The van der Waals surface area contributed by atoms with E-state index in [-0.39, 0.29) is 54.3 Å². The molecular formula is C62H82O6S4. The Morgan fingerprint density at radius 1 is 0.264 bits per heavy atom. The second-order valence-corrected chi connectivity index (χ2v) is 31.9. The van der Waals surface area contributed by atoms with E-state index in [0.29, 0.717) is 0 Å². The molecule has 6 nitrogen and oxygen atoms in total. The molecule has 0 amide bonds. The van der Waals surface area contributed by atoms with Crippen LogP contribution in [-0.4, -0.2) is 37.4 Å². The quantitative estimate of drug-likeness (QED) is 0.105. The maximum Gasteiger partial charge on any atom is 0.166 e. The molecule has 390 valence electrons. The van der Waals surface area contributed by atoms with Gasteiger partial charge in [0.15, 0.2) is 29.4 Å². The molecule has 0 saturated carbocycles. The Bertz CT molecular complexity index is 2400. The van der Waals surface area contributed by atoms with E-state index >= 15 is 0 Å². The molecule has 0 fully saturated rings. The molecule has 0 aliphatic heterocycles. The van der Waals surface area contributed by atoms with Gasteiger partial charge in [-0.1, -0.05) is 197 Å². The van der Waals surface area contributed by atoms with Gasteiger partial charge in [-0.15, -0.1) is 0 Å². The van der Waals surface area contributed by atoms with Crippen molar-refractivity contribution in [1.82, 2.24) is 0 Å². The van der Waals surface area contributed by atoms with Gasteiger partial charge in [0.25, 0.3) is 0 Å². The van der Waals surface area contributed by atoms with Gasteiger partial charge in [-0.3, -0.25) is 0 Å². The van der Waals surface area contributed by atoms with Crippen molar-refractivity contribution in [2.45, 2.75) is 186 Å². The third kappa shape index (κ3) is 18.3. The Morgan fingerprint density at radius 3 is 0.458 bits per heavy atom. The van der Waals surface area contributed by atoms with Crippen LogP contribution in [0.5, 0.6) is 0 Å². The summed E-state index contributed by atoms with van der Waals surface area (Å²) in [5.74, 6) is -2.31. The predicted octanol–water partition coefficient (Wildman–Crippen LogP) is 15.4. The van der Waals surface area contributed by atoms with Crippen LogP contribution < -0.4 is 0 Å². The van der Waals surface area contributed by atoms with Crippen LogP contribution in [-0.2, 0) is 74.5 Å². The lowest BCUT2D eigenvalue weighted by atomic mass is 9.87. The second kappa shape index (κ2) is 23.2. The molecule has 0 aliphatic carbocycles. The third-order valence-electron chi connectivity index (χ3n) is 12.3. The third-order valence-corrected chi connectivity index (χ3v) is 18.4. The molecule has 0 aromatic heterocycles. The monoisotopic (exact) mass is 1050 g/mol. The van der Waals surface area contributed by atoms with Crippen LogP contribution in [0.1, 0.15) is 158 Å². The van der Waals surface area contributed by atoms with Crippen LogP contribution >= 0.6 is 0 Å². The van der Waals surface area contributed by atoms with Crippen molar-refractivity contribution < 1.29 is 25.9 Å². The minimum Gasteiger partial charge on any atom is -0.748 e. The van der Waals surface area contributed by atoms with Crippen molar-refractivity contribution in [3.8, 4) is 0 Å². The zero-order valence-electron chi connectivity index (χ0n) is 46.4.